The van der Waals surface area contributed by atoms with Gasteiger partial charge in [0.05, 0.1) is 0 Å². The fourth-order valence-electron chi connectivity index (χ4n) is 3.63. The molecule has 4 rings (SSSR count). The number of rotatable bonds is 6. The van der Waals surface area contributed by atoms with E-state index in [-0.39, 0.29) is 5.91 Å². The van der Waals surface area contributed by atoms with E-state index in [0.717, 1.165) is 24.7 Å². The molecule has 0 bridgehead atoms. The molecule has 3 aromatic carbocycles. The highest BCUT2D eigenvalue weighted by Gasteiger charge is 2.18. The first kappa shape index (κ1) is 20.5. The summed E-state index contributed by atoms with van der Waals surface area (Å²) in [5.74, 6) is 1.23. The molecule has 2 amide bonds. The van der Waals surface area contributed by atoms with E-state index in [4.69, 9.17) is 10.5 Å². The molecule has 6 heteroatoms. The van der Waals surface area contributed by atoms with E-state index in [1.807, 2.05) is 24.3 Å². The summed E-state index contributed by atoms with van der Waals surface area (Å²) in [5.41, 5.74) is 8.14. The Labute approximate surface area is 181 Å². The van der Waals surface area contributed by atoms with Crippen molar-refractivity contribution in [1.82, 2.24) is 0 Å². The van der Waals surface area contributed by atoms with Crippen molar-refractivity contribution in [3.8, 4) is 11.5 Å². The largest absolute Gasteiger partial charge is 0.457 e. The Balaban J connectivity index is 1.35. The number of nitrogens with two attached hydrogens (primary N) is 1. The molecule has 1 unspecified atom stereocenters. The highest BCUT2D eigenvalue weighted by molar-refractivity contribution is 6.04. The minimum absolute atomic E-state index is 0.181. The van der Waals surface area contributed by atoms with Gasteiger partial charge < -0.3 is 20.7 Å². The number of nitrogens with one attached hydrogen (secondary N) is 1. The van der Waals surface area contributed by atoms with Crippen LogP contribution in [0.1, 0.15) is 34.1 Å². The molecular weight excluding hydrogens is 390 g/mol. The second-order valence-electron chi connectivity index (χ2n) is 7.86. The Hall–Kier alpha value is -3.80. The highest BCUT2D eigenvalue weighted by atomic mass is 16.5. The van der Waals surface area contributed by atoms with Gasteiger partial charge in [-0.3, -0.25) is 9.59 Å². The van der Waals surface area contributed by atoms with Crippen molar-refractivity contribution in [2.75, 3.05) is 23.3 Å². The fourth-order valence-corrected chi connectivity index (χ4v) is 3.63. The minimum atomic E-state index is -0.484. The van der Waals surface area contributed by atoms with Crippen molar-refractivity contribution in [3.05, 3.63) is 83.9 Å². The van der Waals surface area contributed by atoms with E-state index >= 15 is 0 Å². The zero-order valence-electron chi connectivity index (χ0n) is 17.4. The smallest absolute Gasteiger partial charge is 0.255 e. The van der Waals surface area contributed by atoms with Gasteiger partial charge in [-0.25, -0.2) is 0 Å². The second kappa shape index (κ2) is 8.92. The van der Waals surface area contributed by atoms with E-state index in [1.54, 1.807) is 48.5 Å². The number of ether oxygens (including phenoxy) is 1. The number of hydrogen-bond donors (Lipinski definition) is 2. The Morgan fingerprint density at radius 3 is 2.00 bits per heavy atom. The lowest BCUT2D eigenvalue weighted by molar-refractivity contribution is 0.0997. The molecule has 31 heavy (non-hydrogen) atoms. The quantitative estimate of drug-likeness (QED) is 0.612. The molecule has 3 aromatic rings. The van der Waals surface area contributed by atoms with Crippen LogP contribution in [0.2, 0.25) is 0 Å². The summed E-state index contributed by atoms with van der Waals surface area (Å²) in [5, 5.41) is 2.93. The molecule has 6 nitrogen and oxygen atoms in total. The maximum Gasteiger partial charge on any atom is 0.255 e. The van der Waals surface area contributed by atoms with Gasteiger partial charge in [0.15, 0.2) is 0 Å². The summed E-state index contributed by atoms with van der Waals surface area (Å²) in [6.07, 6.45) is 1.22. The zero-order chi connectivity index (χ0) is 21.8. The summed E-state index contributed by atoms with van der Waals surface area (Å²) in [4.78, 5) is 26.1. The molecule has 158 valence electrons. The summed E-state index contributed by atoms with van der Waals surface area (Å²) in [7, 11) is 0. The zero-order valence-corrected chi connectivity index (χ0v) is 17.4. The van der Waals surface area contributed by atoms with Gasteiger partial charge in [-0.2, -0.15) is 0 Å². The highest BCUT2D eigenvalue weighted by Crippen LogP contribution is 2.25. The van der Waals surface area contributed by atoms with Gasteiger partial charge in [0.1, 0.15) is 11.5 Å². The van der Waals surface area contributed by atoms with E-state index in [9.17, 15) is 9.59 Å². The topological polar surface area (TPSA) is 84.7 Å². The van der Waals surface area contributed by atoms with Gasteiger partial charge >= 0.3 is 0 Å². The van der Waals surface area contributed by atoms with Crippen LogP contribution < -0.4 is 20.7 Å². The lowest BCUT2D eigenvalue weighted by Crippen LogP contribution is -2.19. The van der Waals surface area contributed by atoms with E-state index in [1.165, 1.54) is 12.1 Å². The lowest BCUT2D eigenvalue weighted by atomic mass is 10.2. The normalized spacial score (nSPS) is 15.5. The molecule has 1 fully saturated rings. The van der Waals surface area contributed by atoms with Gasteiger partial charge in [0.2, 0.25) is 5.91 Å². The monoisotopic (exact) mass is 415 g/mol. The summed E-state index contributed by atoms with van der Waals surface area (Å²) in [6, 6.07) is 21.4. The predicted molar refractivity (Wildman–Crippen MR) is 122 cm³/mol. The summed E-state index contributed by atoms with van der Waals surface area (Å²) < 4.78 is 5.75. The molecule has 3 N–H and O–H groups in total. The molecule has 0 aliphatic carbocycles. The Morgan fingerprint density at radius 2 is 1.48 bits per heavy atom. The number of nitrogens with zero attached hydrogens (tertiary/aromatic N) is 1. The van der Waals surface area contributed by atoms with E-state index in [0.29, 0.717) is 22.6 Å². The van der Waals surface area contributed by atoms with Crippen molar-refractivity contribution in [3.63, 3.8) is 0 Å². The van der Waals surface area contributed by atoms with Gasteiger partial charge in [-0.05, 0) is 85.1 Å². The average molecular weight is 415 g/mol. The minimum Gasteiger partial charge on any atom is -0.457 e. The Bertz CT molecular complexity index is 1060. The number of benzene rings is 3. The van der Waals surface area contributed by atoms with Crippen LogP contribution in [0.5, 0.6) is 11.5 Å². The molecule has 1 aliphatic rings. The number of primary amides is 1. The van der Waals surface area contributed by atoms with Crippen LogP contribution in [0.15, 0.2) is 72.8 Å². The SMILES string of the molecule is CC1CCN(c2ccc(NC(=O)c3ccc(Oc4ccc(C(N)=O)cc4)cc3)cc2)C1. The first-order valence-electron chi connectivity index (χ1n) is 10.3. The third-order valence-electron chi connectivity index (χ3n) is 5.41. The van der Waals surface area contributed by atoms with Crippen molar-refractivity contribution < 1.29 is 14.3 Å². The van der Waals surface area contributed by atoms with E-state index in [2.05, 4.69) is 17.1 Å². The third-order valence-corrected chi connectivity index (χ3v) is 5.41. The molecule has 0 saturated carbocycles. The van der Waals surface area contributed by atoms with Crippen LogP contribution in [-0.4, -0.2) is 24.9 Å². The van der Waals surface area contributed by atoms with Crippen molar-refractivity contribution in [1.29, 1.82) is 0 Å². The van der Waals surface area contributed by atoms with Crippen LogP contribution >= 0.6 is 0 Å². The maximum absolute atomic E-state index is 12.6. The first-order valence-corrected chi connectivity index (χ1v) is 10.3. The van der Waals surface area contributed by atoms with Gasteiger partial charge in [-0.15, -0.1) is 0 Å². The van der Waals surface area contributed by atoms with Gasteiger partial charge in [0, 0.05) is 35.6 Å². The van der Waals surface area contributed by atoms with Crippen LogP contribution in [0.25, 0.3) is 0 Å². The molecule has 1 aliphatic heterocycles. The number of anilines is 2. The van der Waals surface area contributed by atoms with Crippen LogP contribution in [0.3, 0.4) is 0 Å². The van der Waals surface area contributed by atoms with Crippen molar-refractivity contribution in [2.45, 2.75) is 13.3 Å². The summed E-state index contributed by atoms with van der Waals surface area (Å²) in [6.45, 7) is 4.43. The molecule has 0 radical (unpaired) electrons. The molecule has 0 spiro atoms. The molecule has 1 heterocycles. The standard InChI is InChI=1S/C25H25N3O3/c1-17-14-15-28(16-17)21-8-6-20(7-9-21)27-25(30)19-4-12-23(13-5-19)31-22-10-2-18(3-11-22)24(26)29/h2-13,17H,14-16H2,1H3,(H2,26,29)(H,27,30). The van der Waals surface area contributed by atoms with Gasteiger partial charge in [0.25, 0.3) is 5.91 Å². The number of hydrogen-bond acceptors (Lipinski definition) is 4. The predicted octanol–water partition coefficient (Wildman–Crippen LogP) is 4.68. The first-order chi connectivity index (χ1) is 15.0. The summed E-state index contributed by atoms with van der Waals surface area (Å²) >= 11 is 0. The third kappa shape index (κ3) is 5.04. The molecule has 0 aromatic heterocycles. The molecule has 1 atom stereocenters. The van der Waals surface area contributed by atoms with Gasteiger partial charge in [-0.1, -0.05) is 6.92 Å². The van der Waals surface area contributed by atoms with Crippen LogP contribution in [-0.2, 0) is 0 Å². The van der Waals surface area contributed by atoms with Crippen LogP contribution in [0.4, 0.5) is 11.4 Å². The molecule has 1 saturated heterocycles. The number of carbonyl (C=O) groups is 2. The number of amides is 2. The van der Waals surface area contributed by atoms with Crippen molar-refractivity contribution in [2.24, 2.45) is 11.7 Å². The Morgan fingerprint density at radius 1 is 0.903 bits per heavy atom. The van der Waals surface area contributed by atoms with Crippen LogP contribution in [0, 0.1) is 5.92 Å². The van der Waals surface area contributed by atoms with E-state index < -0.39 is 5.91 Å². The molecular formula is C25H25N3O3. The van der Waals surface area contributed by atoms with Crippen molar-refractivity contribution >= 4 is 23.2 Å². The Kier molecular flexibility index (Phi) is 5.89. The number of carbonyl (C=O) groups excluding carboxylic acids is 2. The maximum atomic E-state index is 12.6. The second-order valence-corrected chi connectivity index (χ2v) is 7.86. The lowest BCUT2D eigenvalue weighted by Gasteiger charge is -2.18. The average Bonchev–Trinajstić information content (AvgIpc) is 3.21. The fraction of sp³-hybridized carbons (Fsp3) is 0.200.